The van der Waals surface area contributed by atoms with Gasteiger partial charge in [0.15, 0.2) is 0 Å². The molecule has 0 fully saturated rings. The van der Waals surface area contributed by atoms with Crippen LogP contribution in [0.4, 0.5) is 0 Å². The first-order valence-electron chi connectivity index (χ1n) is 7.84. The fraction of sp³-hybridized carbons (Fsp3) is 0.211. The zero-order valence-electron chi connectivity index (χ0n) is 13.9. The van der Waals surface area contributed by atoms with Crippen molar-refractivity contribution in [2.24, 2.45) is 0 Å². The lowest BCUT2D eigenvalue weighted by Gasteiger charge is -2.15. The normalized spacial score (nSPS) is 11.0. The van der Waals surface area contributed by atoms with E-state index in [-0.39, 0.29) is 5.75 Å². The van der Waals surface area contributed by atoms with Crippen LogP contribution in [0.2, 0.25) is 0 Å². The van der Waals surface area contributed by atoms with Gasteiger partial charge in [-0.2, -0.15) is 5.10 Å². The zero-order valence-corrected chi connectivity index (χ0v) is 13.9. The fourth-order valence-corrected chi connectivity index (χ4v) is 2.47. The van der Waals surface area contributed by atoms with Crippen LogP contribution in [0.15, 0.2) is 60.9 Å². The van der Waals surface area contributed by atoms with Crippen molar-refractivity contribution >= 4 is 0 Å². The molecule has 5 heteroatoms. The van der Waals surface area contributed by atoms with Crippen molar-refractivity contribution in [3.63, 3.8) is 0 Å². The number of phenolic OH excluding ortho intramolecular Hbond substituents is 1. The summed E-state index contributed by atoms with van der Waals surface area (Å²) in [6.07, 6.45) is 3.56. The Labute approximate surface area is 141 Å². The molecular weight excluding hydrogens is 302 g/mol. The largest absolute Gasteiger partial charge is 0.508 e. The van der Waals surface area contributed by atoms with Crippen LogP contribution in [0.5, 0.6) is 11.5 Å². The van der Waals surface area contributed by atoms with Gasteiger partial charge >= 0.3 is 0 Å². The molecule has 1 aromatic heterocycles. The number of likely N-dealkylation sites (N-methyl/N-ethyl adjacent to an activating group) is 1. The van der Waals surface area contributed by atoms with Crippen molar-refractivity contribution in [1.29, 1.82) is 0 Å². The Balaban J connectivity index is 1.94. The third-order valence-corrected chi connectivity index (χ3v) is 3.67. The molecule has 3 rings (SSSR count). The van der Waals surface area contributed by atoms with E-state index in [9.17, 15) is 5.11 Å². The first-order valence-corrected chi connectivity index (χ1v) is 7.84. The summed E-state index contributed by atoms with van der Waals surface area (Å²) < 4.78 is 7.65. The average molecular weight is 323 g/mol. The van der Waals surface area contributed by atoms with Gasteiger partial charge in [-0.3, -0.25) is 0 Å². The standard InChI is InChI=1S/C19H21N3O2/c1-21(2)10-11-24-19-7-4-3-6-18(19)15-12-16(14-17(23)13-15)22-9-5-8-20-22/h3-9,12-14,23H,10-11H2,1-2H3. The molecule has 1 heterocycles. The predicted molar refractivity (Wildman–Crippen MR) is 94.7 cm³/mol. The lowest BCUT2D eigenvalue weighted by atomic mass is 10.0. The molecule has 0 spiro atoms. The fourth-order valence-electron chi connectivity index (χ4n) is 2.47. The SMILES string of the molecule is CN(C)CCOc1ccccc1-c1cc(O)cc(-n2cccn2)c1. The number of rotatable bonds is 6. The van der Waals surface area contributed by atoms with Crippen molar-refractivity contribution in [2.75, 3.05) is 27.2 Å². The van der Waals surface area contributed by atoms with E-state index in [0.29, 0.717) is 6.61 Å². The highest BCUT2D eigenvalue weighted by Crippen LogP contribution is 2.33. The number of aromatic nitrogens is 2. The van der Waals surface area contributed by atoms with E-state index >= 15 is 0 Å². The van der Waals surface area contributed by atoms with Gasteiger partial charge in [-0.25, -0.2) is 4.68 Å². The second-order valence-electron chi connectivity index (χ2n) is 5.84. The van der Waals surface area contributed by atoms with E-state index in [2.05, 4.69) is 10.00 Å². The van der Waals surface area contributed by atoms with E-state index in [1.807, 2.05) is 56.7 Å². The third kappa shape index (κ3) is 3.75. The molecule has 0 aliphatic heterocycles. The molecule has 5 nitrogen and oxygen atoms in total. The summed E-state index contributed by atoms with van der Waals surface area (Å²) in [5.74, 6) is 0.998. The highest BCUT2D eigenvalue weighted by molar-refractivity contribution is 5.73. The molecule has 3 aromatic rings. The van der Waals surface area contributed by atoms with Gasteiger partial charge in [-0.15, -0.1) is 0 Å². The van der Waals surface area contributed by atoms with Crippen molar-refractivity contribution in [3.8, 4) is 28.3 Å². The minimum atomic E-state index is 0.195. The molecule has 124 valence electrons. The smallest absolute Gasteiger partial charge is 0.127 e. The van der Waals surface area contributed by atoms with Crippen LogP contribution >= 0.6 is 0 Å². The van der Waals surface area contributed by atoms with Crippen LogP contribution in [0.1, 0.15) is 0 Å². The number of aromatic hydroxyl groups is 1. The average Bonchev–Trinajstić information content (AvgIpc) is 3.09. The molecule has 0 saturated heterocycles. The van der Waals surface area contributed by atoms with Crippen molar-refractivity contribution < 1.29 is 9.84 Å². The van der Waals surface area contributed by atoms with Crippen LogP contribution in [0.3, 0.4) is 0 Å². The molecule has 0 aliphatic carbocycles. The van der Waals surface area contributed by atoms with Gasteiger partial charge in [-0.05, 0) is 43.9 Å². The van der Waals surface area contributed by atoms with Gasteiger partial charge in [0.1, 0.15) is 18.1 Å². The topological polar surface area (TPSA) is 50.5 Å². The molecule has 0 unspecified atom stereocenters. The van der Waals surface area contributed by atoms with Gasteiger partial charge in [0.05, 0.1) is 5.69 Å². The Morgan fingerprint density at radius 2 is 1.96 bits per heavy atom. The minimum Gasteiger partial charge on any atom is -0.508 e. The molecule has 0 saturated carbocycles. The molecule has 0 aliphatic rings. The van der Waals surface area contributed by atoms with E-state index in [4.69, 9.17) is 4.74 Å². The van der Waals surface area contributed by atoms with Gasteiger partial charge in [0, 0.05) is 30.6 Å². The highest BCUT2D eigenvalue weighted by Gasteiger charge is 2.09. The van der Waals surface area contributed by atoms with Crippen LogP contribution < -0.4 is 4.74 Å². The van der Waals surface area contributed by atoms with Crippen molar-refractivity contribution in [1.82, 2.24) is 14.7 Å². The Hall–Kier alpha value is -2.79. The number of nitrogens with zero attached hydrogens (tertiary/aromatic N) is 3. The second kappa shape index (κ2) is 7.19. The van der Waals surface area contributed by atoms with E-state index in [0.717, 1.165) is 29.1 Å². The Bertz CT molecular complexity index is 798. The van der Waals surface area contributed by atoms with E-state index < -0.39 is 0 Å². The van der Waals surface area contributed by atoms with Gasteiger partial charge in [0.2, 0.25) is 0 Å². The molecule has 2 aromatic carbocycles. The summed E-state index contributed by atoms with van der Waals surface area (Å²) in [5, 5.41) is 14.3. The first kappa shape index (κ1) is 16.1. The number of para-hydroxylation sites is 1. The number of phenols is 1. The molecule has 0 bridgehead atoms. The Morgan fingerprint density at radius 1 is 1.12 bits per heavy atom. The quantitative estimate of drug-likeness (QED) is 0.757. The molecule has 1 N–H and O–H groups in total. The minimum absolute atomic E-state index is 0.195. The molecule has 0 amide bonds. The molecule has 24 heavy (non-hydrogen) atoms. The van der Waals surface area contributed by atoms with Crippen molar-refractivity contribution in [3.05, 3.63) is 60.9 Å². The summed E-state index contributed by atoms with van der Waals surface area (Å²) in [5.41, 5.74) is 2.64. The summed E-state index contributed by atoms with van der Waals surface area (Å²) in [6, 6.07) is 15.1. The maximum absolute atomic E-state index is 10.1. The summed E-state index contributed by atoms with van der Waals surface area (Å²) in [6.45, 7) is 1.45. The van der Waals surface area contributed by atoms with Gasteiger partial charge in [-0.1, -0.05) is 18.2 Å². The highest BCUT2D eigenvalue weighted by atomic mass is 16.5. The van der Waals surface area contributed by atoms with Crippen LogP contribution in [0, 0.1) is 0 Å². The second-order valence-corrected chi connectivity index (χ2v) is 5.84. The van der Waals surface area contributed by atoms with Crippen LogP contribution in [-0.2, 0) is 0 Å². The van der Waals surface area contributed by atoms with Crippen LogP contribution in [-0.4, -0.2) is 47.0 Å². The predicted octanol–water partition coefficient (Wildman–Crippen LogP) is 3.19. The van der Waals surface area contributed by atoms with Gasteiger partial charge in [0.25, 0.3) is 0 Å². The Kier molecular flexibility index (Phi) is 4.82. The van der Waals surface area contributed by atoms with Gasteiger partial charge < -0.3 is 14.7 Å². The van der Waals surface area contributed by atoms with Crippen molar-refractivity contribution in [2.45, 2.75) is 0 Å². The summed E-state index contributed by atoms with van der Waals surface area (Å²) in [7, 11) is 4.03. The maximum Gasteiger partial charge on any atom is 0.127 e. The maximum atomic E-state index is 10.1. The number of benzene rings is 2. The molecule has 0 atom stereocenters. The third-order valence-electron chi connectivity index (χ3n) is 3.67. The number of hydrogen-bond acceptors (Lipinski definition) is 4. The monoisotopic (exact) mass is 323 g/mol. The first-order chi connectivity index (χ1) is 11.6. The lowest BCUT2D eigenvalue weighted by molar-refractivity contribution is 0.262. The summed E-state index contributed by atoms with van der Waals surface area (Å²) in [4.78, 5) is 2.08. The molecular formula is C19H21N3O2. The van der Waals surface area contributed by atoms with E-state index in [1.165, 1.54) is 0 Å². The Morgan fingerprint density at radius 3 is 2.71 bits per heavy atom. The lowest BCUT2D eigenvalue weighted by Crippen LogP contribution is -2.19. The zero-order chi connectivity index (χ0) is 16.9. The van der Waals surface area contributed by atoms with Crippen LogP contribution in [0.25, 0.3) is 16.8 Å². The number of ether oxygens (including phenoxy) is 1. The summed E-state index contributed by atoms with van der Waals surface area (Å²) >= 11 is 0. The van der Waals surface area contributed by atoms with E-state index in [1.54, 1.807) is 23.0 Å². The number of hydrogen-bond donors (Lipinski definition) is 1. The molecule has 0 radical (unpaired) electrons.